The van der Waals surface area contributed by atoms with E-state index < -0.39 is 0 Å². The van der Waals surface area contributed by atoms with E-state index >= 15 is 0 Å². The number of aromatic amines is 1. The normalized spacial score (nSPS) is 13.9. The van der Waals surface area contributed by atoms with Gasteiger partial charge in [-0.2, -0.15) is 5.10 Å². The number of carbonyl (C=O) groups is 1. The van der Waals surface area contributed by atoms with Crippen LogP contribution in [0.4, 0.5) is 11.6 Å². The molecule has 0 radical (unpaired) electrons. The number of tetrazole rings is 1. The Morgan fingerprint density at radius 3 is 3.20 bits per heavy atom. The molecule has 1 aliphatic heterocycles. The number of hydrogen-bond donors (Lipinski definition) is 2. The largest absolute Gasteiger partial charge is 0.322 e. The zero-order valence-electron chi connectivity index (χ0n) is 13.6. The van der Waals surface area contributed by atoms with Crippen molar-refractivity contribution in [1.82, 2.24) is 30.4 Å². The number of nitrogens with zero attached hydrogens (tertiary/aromatic N) is 6. The number of nitrogens with one attached hydrogen (secondary N) is 2. The molecule has 0 saturated heterocycles. The third-order valence-electron chi connectivity index (χ3n) is 4.19. The molecule has 4 rings (SSSR count). The first-order valence-corrected chi connectivity index (χ1v) is 7.76. The second-order valence-corrected chi connectivity index (χ2v) is 5.73. The minimum atomic E-state index is -0.185. The Balaban J connectivity index is 1.64. The Hall–Kier alpha value is -3.49. The van der Waals surface area contributed by atoms with Gasteiger partial charge < -0.3 is 10.2 Å². The summed E-state index contributed by atoms with van der Waals surface area (Å²) in [7, 11) is 0. The maximum Gasteiger partial charge on any atom is 0.255 e. The average molecular weight is 336 g/mol. The molecule has 9 heteroatoms. The van der Waals surface area contributed by atoms with Gasteiger partial charge in [-0.3, -0.25) is 9.89 Å². The van der Waals surface area contributed by atoms with Crippen LogP contribution in [-0.2, 0) is 11.3 Å². The minimum absolute atomic E-state index is 0.185. The number of hydrogen-bond acceptors (Lipinski definition) is 6. The molecule has 0 atom stereocenters. The van der Waals surface area contributed by atoms with Crippen LogP contribution in [0.25, 0.3) is 10.9 Å². The SMILES string of the molecule is C=CCN1C(C)=C(C(=O)Nc2ccc3[nH]ncc3c2)Cn2nnnc21. The number of rotatable bonds is 4. The molecule has 3 heterocycles. The van der Waals surface area contributed by atoms with Crippen LogP contribution in [0, 0.1) is 0 Å². The predicted molar refractivity (Wildman–Crippen MR) is 92.8 cm³/mol. The fourth-order valence-electron chi connectivity index (χ4n) is 2.88. The van der Waals surface area contributed by atoms with Crippen LogP contribution in [0.2, 0.25) is 0 Å². The van der Waals surface area contributed by atoms with Gasteiger partial charge in [0.1, 0.15) is 0 Å². The molecular weight excluding hydrogens is 320 g/mol. The first-order chi connectivity index (χ1) is 12.2. The van der Waals surface area contributed by atoms with Crippen molar-refractivity contribution in [2.75, 3.05) is 16.8 Å². The summed E-state index contributed by atoms with van der Waals surface area (Å²) >= 11 is 0. The topological polar surface area (TPSA) is 105 Å². The van der Waals surface area contributed by atoms with E-state index in [1.807, 2.05) is 30.0 Å². The predicted octanol–water partition coefficient (Wildman–Crippen LogP) is 1.47. The highest BCUT2D eigenvalue weighted by Gasteiger charge is 2.28. The smallest absolute Gasteiger partial charge is 0.255 e. The Kier molecular flexibility index (Phi) is 3.53. The van der Waals surface area contributed by atoms with Crippen LogP contribution in [0.1, 0.15) is 6.92 Å². The average Bonchev–Trinajstić information content (AvgIpc) is 3.25. The zero-order chi connectivity index (χ0) is 17.4. The molecule has 2 N–H and O–H groups in total. The van der Waals surface area contributed by atoms with Gasteiger partial charge in [-0.15, -0.1) is 6.58 Å². The van der Waals surface area contributed by atoms with Crippen molar-refractivity contribution in [3.05, 3.63) is 48.3 Å². The second-order valence-electron chi connectivity index (χ2n) is 5.73. The first-order valence-electron chi connectivity index (χ1n) is 7.76. The van der Waals surface area contributed by atoms with Crippen LogP contribution >= 0.6 is 0 Å². The Morgan fingerprint density at radius 2 is 2.36 bits per heavy atom. The van der Waals surface area contributed by atoms with E-state index in [-0.39, 0.29) is 5.91 Å². The van der Waals surface area contributed by atoms with Gasteiger partial charge in [0.2, 0.25) is 5.95 Å². The molecule has 1 aromatic carbocycles. The number of H-pyrrole nitrogens is 1. The molecule has 2 aromatic heterocycles. The van der Waals surface area contributed by atoms with E-state index in [1.54, 1.807) is 17.0 Å². The maximum absolute atomic E-state index is 12.8. The van der Waals surface area contributed by atoms with Crippen LogP contribution in [0.15, 0.2) is 48.3 Å². The van der Waals surface area contributed by atoms with Gasteiger partial charge in [-0.25, -0.2) is 4.68 Å². The highest BCUT2D eigenvalue weighted by Crippen LogP contribution is 2.26. The Morgan fingerprint density at radius 1 is 1.48 bits per heavy atom. The van der Waals surface area contributed by atoms with Crippen molar-refractivity contribution < 1.29 is 4.79 Å². The summed E-state index contributed by atoms with van der Waals surface area (Å²) in [5.74, 6) is 0.421. The number of allylic oxidation sites excluding steroid dienone is 1. The van der Waals surface area contributed by atoms with Crippen molar-refractivity contribution in [2.45, 2.75) is 13.5 Å². The maximum atomic E-state index is 12.8. The van der Waals surface area contributed by atoms with Crippen LogP contribution in [0.5, 0.6) is 0 Å². The molecule has 0 aliphatic carbocycles. The summed E-state index contributed by atoms with van der Waals surface area (Å²) in [5.41, 5.74) is 3.04. The van der Waals surface area contributed by atoms with E-state index in [1.165, 1.54) is 0 Å². The number of amides is 1. The van der Waals surface area contributed by atoms with E-state index in [2.05, 4.69) is 37.6 Å². The highest BCUT2D eigenvalue weighted by atomic mass is 16.1. The van der Waals surface area contributed by atoms with Gasteiger partial charge in [0, 0.05) is 23.3 Å². The molecule has 126 valence electrons. The van der Waals surface area contributed by atoms with E-state index in [4.69, 9.17) is 0 Å². The molecule has 1 aliphatic rings. The molecule has 1 amide bonds. The number of fused-ring (bicyclic) bond motifs is 2. The molecule has 0 bridgehead atoms. The van der Waals surface area contributed by atoms with Crippen molar-refractivity contribution in [3.63, 3.8) is 0 Å². The third-order valence-corrected chi connectivity index (χ3v) is 4.19. The molecular formula is C16H16N8O. The molecule has 9 nitrogen and oxygen atoms in total. The molecule has 3 aromatic rings. The van der Waals surface area contributed by atoms with Gasteiger partial charge in [-0.05, 0) is 35.5 Å². The van der Waals surface area contributed by atoms with Gasteiger partial charge in [0.15, 0.2) is 0 Å². The molecule has 0 saturated carbocycles. The van der Waals surface area contributed by atoms with Gasteiger partial charge in [0.25, 0.3) is 5.91 Å². The summed E-state index contributed by atoms with van der Waals surface area (Å²) in [6, 6.07) is 5.59. The summed E-state index contributed by atoms with van der Waals surface area (Å²) in [6.07, 6.45) is 3.46. The number of benzene rings is 1. The zero-order valence-corrected chi connectivity index (χ0v) is 13.6. The van der Waals surface area contributed by atoms with E-state index in [0.717, 1.165) is 16.6 Å². The lowest BCUT2D eigenvalue weighted by Gasteiger charge is -2.29. The summed E-state index contributed by atoms with van der Waals surface area (Å²) in [5, 5.41) is 22.4. The monoisotopic (exact) mass is 336 g/mol. The fraction of sp³-hybridized carbons (Fsp3) is 0.188. The van der Waals surface area contributed by atoms with Gasteiger partial charge in [0.05, 0.1) is 23.8 Å². The summed E-state index contributed by atoms with van der Waals surface area (Å²) < 4.78 is 1.60. The summed E-state index contributed by atoms with van der Waals surface area (Å²) in [4.78, 5) is 14.7. The van der Waals surface area contributed by atoms with Gasteiger partial charge in [-0.1, -0.05) is 11.2 Å². The van der Waals surface area contributed by atoms with E-state index in [0.29, 0.717) is 30.3 Å². The summed E-state index contributed by atoms with van der Waals surface area (Å²) in [6.45, 7) is 6.48. The number of anilines is 2. The lowest BCUT2D eigenvalue weighted by atomic mass is 10.1. The highest BCUT2D eigenvalue weighted by molar-refractivity contribution is 6.05. The van der Waals surface area contributed by atoms with Gasteiger partial charge >= 0.3 is 0 Å². The van der Waals surface area contributed by atoms with Crippen LogP contribution in [0.3, 0.4) is 0 Å². The minimum Gasteiger partial charge on any atom is -0.322 e. The Labute approximate surface area is 143 Å². The van der Waals surface area contributed by atoms with Crippen molar-refractivity contribution in [1.29, 1.82) is 0 Å². The third kappa shape index (κ3) is 2.55. The molecule has 0 fully saturated rings. The Bertz CT molecular complexity index is 998. The molecule has 0 unspecified atom stereocenters. The first kappa shape index (κ1) is 15.1. The lowest BCUT2D eigenvalue weighted by molar-refractivity contribution is -0.113. The van der Waals surface area contributed by atoms with Crippen molar-refractivity contribution in [3.8, 4) is 0 Å². The standard InChI is InChI=1S/C16H16N8O/c1-3-6-23-10(2)13(9-24-16(23)20-21-22-24)15(25)18-12-4-5-14-11(7-12)8-17-19-14/h3-5,7-8H,1,6,9H2,2H3,(H,17,19)(H,18,25). The number of carbonyl (C=O) groups excluding carboxylic acids is 1. The quantitative estimate of drug-likeness (QED) is 0.699. The molecule has 25 heavy (non-hydrogen) atoms. The fourth-order valence-corrected chi connectivity index (χ4v) is 2.88. The van der Waals surface area contributed by atoms with Crippen molar-refractivity contribution >= 4 is 28.4 Å². The lowest BCUT2D eigenvalue weighted by Crippen LogP contribution is -2.34. The van der Waals surface area contributed by atoms with Crippen molar-refractivity contribution in [2.24, 2.45) is 0 Å². The second kappa shape index (κ2) is 5.86. The van der Waals surface area contributed by atoms with E-state index in [9.17, 15) is 4.79 Å². The number of aromatic nitrogens is 6. The molecule has 0 spiro atoms. The van der Waals surface area contributed by atoms with Crippen LogP contribution < -0.4 is 10.2 Å². The van der Waals surface area contributed by atoms with Crippen LogP contribution in [-0.4, -0.2) is 42.9 Å².